The Morgan fingerprint density at radius 1 is 1.16 bits per heavy atom. The highest BCUT2D eigenvalue weighted by Gasteiger charge is 2.31. The second kappa shape index (κ2) is 10.9. The van der Waals surface area contributed by atoms with Crippen LogP contribution in [0.15, 0.2) is 54.2 Å². The van der Waals surface area contributed by atoms with E-state index in [0.29, 0.717) is 24.3 Å². The van der Waals surface area contributed by atoms with E-state index in [2.05, 4.69) is 21.3 Å². The number of aromatic nitrogens is 1. The Kier molecular flexibility index (Phi) is 7.45. The average molecular weight is 514 g/mol. The molecule has 1 heterocycles. The lowest BCUT2D eigenvalue weighted by Crippen LogP contribution is -2.21. The van der Waals surface area contributed by atoms with Crippen molar-refractivity contribution in [2.45, 2.75) is 65.0 Å². The molecular weight excluding hydrogens is 476 g/mol. The zero-order valence-corrected chi connectivity index (χ0v) is 22.7. The van der Waals surface area contributed by atoms with Crippen LogP contribution in [0.5, 0.6) is 5.75 Å². The number of rotatable bonds is 10. The lowest BCUT2D eigenvalue weighted by atomic mass is 9.91. The summed E-state index contributed by atoms with van der Waals surface area (Å²) in [6.07, 6.45) is 6.92. The average Bonchev–Trinajstić information content (AvgIpc) is 3.67. The first-order valence-corrected chi connectivity index (χ1v) is 13.7. The van der Waals surface area contributed by atoms with Crippen LogP contribution in [0, 0.1) is 5.92 Å². The van der Waals surface area contributed by atoms with Crippen LogP contribution in [0.2, 0.25) is 0 Å². The van der Waals surface area contributed by atoms with Crippen LogP contribution < -0.4 is 15.4 Å². The van der Waals surface area contributed by atoms with Gasteiger partial charge in [-0.1, -0.05) is 17.7 Å². The van der Waals surface area contributed by atoms with E-state index >= 15 is 0 Å². The van der Waals surface area contributed by atoms with Crippen molar-refractivity contribution in [3.05, 3.63) is 65.2 Å². The van der Waals surface area contributed by atoms with Gasteiger partial charge < -0.3 is 24.8 Å². The van der Waals surface area contributed by atoms with Crippen LogP contribution in [0.25, 0.3) is 27.6 Å². The van der Waals surface area contributed by atoms with E-state index in [9.17, 15) is 10.2 Å². The minimum absolute atomic E-state index is 0.0657. The minimum Gasteiger partial charge on any atom is -0.803 e. The largest absolute Gasteiger partial charge is 0.803 e. The summed E-state index contributed by atoms with van der Waals surface area (Å²) in [6, 6.07) is 14.2. The van der Waals surface area contributed by atoms with E-state index < -0.39 is 6.09 Å². The zero-order chi connectivity index (χ0) is 26.8. The maximum atomic E-state index is 12.4. The summed E-state index contributed by atoms with van der Waals surface area (Å²) in [6.45, 7) is 6.42. The van der Waals surface area contributed by atoms with Gasteiger partial charge in [0.25, 0.3) is 0 Å². The molecular formula is C31H37N4O3-. The lowest BCUT2D eigenvalue weighted by molar-refractivity contribution is 0.108. The van der Waals surface area contributed by atoms with Crippen LogP contribution in [-0.4, -0.2) is 36.1 Å². The molecule has 1 amide bonds. The fourth-order valence-corrected chi connectivity index (χ4v) is 5.27. The van der Waals surface area contributed by atoms with Gasteiger partial charge in [-0.3, -0.25) is 5.32 Å². The van der Waals surface area contributed by atoms with Gasteiger partial charge in [-0.15, -0.1) is 5.71 Å². The molecule has 5 rings (SSSR count). The molecule has 0 saturated heterocycles. The van der Waals surface area contributed by atoms with E-state index in [1.54, 1.807) is 0 Å². The SMILES string of the molecule is CCOc1ccc2c(C(=[N-])/C(C)=C\NC)c(-c3ccc(NC(=O)OC(C)C4CC4)cc3)n(C3CCC3)c2c1. The quantitative estimate of drug-likeness (QED) is 0.279. The van der Waals surface area contributed by atoms with Crippen molar-refractivity contribution in [2.75, 3.05) is 19.0 Å². The number of amides is 1. The second-order valence-corrected chi connectivity index (χ2v) is 10.4. The minimum atomic E-state index is -0.427. The van der Waals surface area contributed by atoms with Crippen LogP contribution in [0.1, 0.15) is 64.5 Å². The number of fused-ring (bicyclic) bond motifs is 1. The number of benzene rings is 2. The Hall–Kier alpha value is -3.74. The number of nitrogens with one attached hydrogen (secondary N) is 2. The van der Waals surface area contributed by atoms with Gasteiger partial charge in [-0.05, 0) is 100 Å². The topological polar surface area (TPSA) is 86.8 Å². The third-order valence-electron chi connectivity index (χ3n) is 7.68. The predicted molar refractivity (Wildman–Crippen MR) is 154 cm³/mol. The van der Waals surface area contributed by atoms with E-state index in [1.165, 1.54) is 6.42 Å². The molecule has 0 aliphatic heterocycles. The number of carbonyl (C=O) groups excluding carboxylic acids is 1. The van der Waals surface area contributed by atoms with Crippen molar-refractivity contribution in [3.8, 4) is 17.0 Å². The molecule has 2 aromatic carbocycles. The molecule has 2 fully saturated rings. The van der Waals surface area contributed by atoms with Crippen LogP contribution in [0.4, 0.5) is 10.5 Å². The summed E-state index contributed by atoms with van der Waals surface area (Å²) < 4.78 is 13.7. The normalized spacial score (nSPS) is 16.6. The summed E-state index contributed by atoms with van der Waals surface area (Å²) in [5, 5.41) is 18.4. The molecule has 2 saturated carbocycles. The van der Waals surface area contributed by atoms with Crippen molar-refractivity contribution in [1.29, 1.82) is 0 Å². The van der Waals surface area contributed by atoms with Gasteiger partial charge in [0.1, 0.15) is 11.9 Å². The Labute approximate surface area is 224 Å². The molecule has 200 valence electrons. The molecule has 1 aromatic heterocycles. The standard InChI is InChI=1S/C31H37N4O3/c1-5-37-25-15-16-26-27(17-25)35(24-7-6-8-24)30(28(26)29(32)19(2)18-33-4)22-11-13-23(14-12-22)34-31(36)38-20(3)21-9-10-21/h11-18,20-21,24,33H,5-10H2,1-4H3,(H,34,36)/q-1/b19-18-. The molecule has 7 heteroatoms. The number of hydrogen-bond donors (Lipinski definition) is 2. The molecule has 3 aromatic rings. The van der Waals surface area contributed by atoms with Crippen molar-refractivity contribution < 1.29 is 14.3 Å². The van der Waals surface area contributed by atoms with Crippen molar-refractivity contribution in [1.82, 2.24) is 9.88 Å². The van der Waals surface area contributed by atoms with Crippen molar-refractivity contribution in [2.24, 2.45) is 5.92 Å². The first-order valence-electron chi connectivity index (χ1n) is 13.7. The van der Waals surface area contributed by atoms with Gasteiger partial charge >= 0.3 is 6.09 Å². The van der Waals surface area contributed by atoms with E-state index in [0.717, 1.165) is 64.7 Å². The Morgan fingerprint density at radius 2 is 1.89 bits per heavy atom. The fourth-order valence-electron chi connectivity index (χ4n) is 5.27. The van der Waals surface area contributed by atoms with Gasteiger partial charge in [-0.25, -0.2) is 4.79 Å². The summed E-state index contributed by atoms with van der Waals surface area (Å²) in [7, 11) is 1.83. The highest BCUT2D eigenvalue weighted by atomic mass is 16.6. The molecule has 38 heavy (non-hydrogen) atoms. The first kappa shape index (κ1) is 25.9. The summed E-state index contributed by atoms with van der Waals surface area (Å²) in [5.74, 6) is 1.30. The molecule has 2 aliphatic rings. The van der Waals surface area contributed by atoms with Crippen LogP contribution in [0.3, 0.4) is 0 Å². The lowest BCUT2D eigenvalue weighted by Gasteiger charge is -2.31. The molecule has 0 spiro atoms. The third kappa shape index (κ3) is 5.15. The Morgan fingerprint density at radius 3 is 2.50 bits per heavy atom. The number of nitrogens with zero attached hydrogens (tertiary/aromatic N) is 2. The molecule has 0 bridgehead atoms. The highest BCUT2D eigenvalue weighted by Crippen LogP contribution is 2.44. The van der Waals surface area contributed by atoms with Crippen LogP contribution in [-0.2, 0) is 4.74 Å². The third-order valence-corrected chi connectivity index (χ3v) is 7.68. The highest BCUT2D eigenvalue weighted by molar-refractivity contribution is 6.24. The van der Waals surface area contributed by atoms with Gasteiger partial charge in [0, 0.05) is 30.2 Å². The van der Waals surface area contributed by atoms with E-state index in [4.69, 9.17) is 9.47 Å². The maximum absolute atomic E-state index is 12.4. The van der Waals surface area contributed by atoms with Gasteiger partial charge in [0.2, 0.25) is 0 Å². The predicted octanol–water partition coefficient (Wildman–Crippen LogP) is 7.26. The van der Waals surface area contributed by atoms with Gasteiger partial charge in [0.05, 0.1) is 17.8 Å². The Balaban J connectivity index is 1.57. The van der Waals surface area contributed by atoms with Crippen molar-refractivity contribution >= 4 is 28.4 Å². The number of ether oxygens (including phenoxy) is 2. The van der Waals surface area contributed by atoms with Crippen LogP contribution >= 0.6 is 0 Å². The van der Waals surface area contributed by atoms with Gasteiger partial charge in [-0.2, -0.15) is 0 Å². The van der Waals surface area contributed by atoms with E-state index in [-0.39, 0.29) is 11.8 Å². The zero-order valence-electron chi connectivity index (χ0n) is 22.7. The van der Waals surface area contributed by atoms with E-state index in [1.807, 2.05) is 70.4 Å². The summed E-state index contributed by atoms with van der Waals surface area (Å²) in [5.41, 5.74) is 5.45. The fraction of sp³-hybridized carbons (Fsp3) is 0.419. The molecule has 2 aliphatic carbocycles. The van der Waals surface area contributed by atoms with Gasteiger partial charge in [0.15, 0.2) is 0 Å². The monoisotopic (exact) mass is 513 g/mol. The molecule has 2 N–H and O–H groups in total. The first-order chi connectivity index (χ1) is 18.4. The smallest absolute Gasteiger partial charge is 0.411 e. The maximum Gasteiger partial charge on any atom is 0.411 e. The molecule has 1 atom stereocenters. The Bertz CT molecular complexity index is 1360. The molecule has 1 unspecified atom stereocenters. The number of allylic oxidation sites excluding steroid dienone is 1. The second-order valence-electron chi connectivity index (χ2n) is 10.4. The molecule has 0 radical (unpaired) electrons. The number of carbonyl (C=O) groups is 1. The number of hydrogen-bond acceptors (Lipinski definition) is 4. The summed E-state index contributed by atoms with van der Waals surface area (Å²) >= 11 is 0. The molecule has 7 nitrogen and oxygen atoms in total. The summed E-state index contributed by atoms with van der Waals surface area (Å²) in [4.78, 5) is 12.4. The van der Waals surface area contributed by atoms with Crippen molar-refractivity contribution in [3.63, 3.8) is 0 Å². The number of anilines is 1.